The van der Waals surface area contributed by atoms with Crippen LogP contribution in [-0.4, -0.2) is 33.0 Å². The van der Waals surface area contributed by atoms with Gasteiger partial charge in [0.15, 0.2) is 0 Å². The molecule has 1 fully saturated rings. The van der Waals surface area contributed by atoms with Gasteiger partial charge in [0.25, 0.3) is 0 Å². The van der Waals surface area contributed by atoms with Crippen LogP contribution in [0.5, 0.6) is 0 Å². The SMILES string of the molecule is [O-]N(O)C1CCCCC1N([O-])O. The molecule has 1 aliphatic carbocycles. The Morgan fingerprint density at radius 3 is 1.50 bits per heavy atom. The van der Waals surface area contributed by atoms with Gasteiger partial charge in [0.1, 0.15) is 0 Å². The molecule has 12 heavy (non-hydrogen) atoms. The van der Waals surface area contributed by atoms with E-state index in [2.05, 4.69) is 0 Å². The van der Waals surface area contributed by atoms with Gasteiger partial charge in [0.05, 0.1) is 0 Å². The number of hydrogen-bond acceptors (Lipinski definition) is 6. The standard InChI is InChI=1S/C6H12N2O4/c9-7(10)5-3-1-2-4-6(5)8(11)12/h5-6,9,11H,1-4H2/q-2. The number of hydroxylamine groups is 4. The molecular formula is C6H12N2O4-2. The van der Waals surface area contributed by atoms with Crippen LogP contribution in [0.1, 0.15) is 25.7 Å². The highest BCUT2D eigenvalue weighted by Crippen LogP contribution is 2.24. The molecule has 6 heteroatoms. The van der Waals surface area contributed by atoms with Crippen molar-refractivity contribution >= 4 is 0 Å². The highest BCUT2D eigenvalue weighted by atomic mass is 16.8. The summed E-state index contributed by atoms with van der Waals surface area (Å²) in [4.78, 5) is 0. The van der Waals surface area contributed by atoms with Crippen LogP contribution in [0.3, 0.4) is 0 Å². The second kappa shape index (κ2) is 4.13. The molecule has 72 valence electrons. The molecule has 1 aliphatic rings. The van der Waals surface area contributed by atoms with Gasteiger partial charge in [-0.25, -0.2) is 0 Å². The van der Waals surface area contributed by atoms with Gasteiger partial charge < -0.3 is 20.8 Å². The Hall–Kier alpha value is -0.240. The Morgan fingerprint density at radius 1 is 0.917 bits per heavy atom. The maximum Gasteiger partial charge on any atom is 0.0384 e. The summed E-state index contributed by atoms with van der Waals surface area (Å²) in [6.45, 7) is 0. The van der Waals surface area contributed by atoms with Crippen LogP contribution in [0.4, 0.5) is 0 Å². The van der Waals surface area contributed by atoms with E-state index >= 15 is 0 Å². The smallest absolute Gasteiger partial charge is 0.0384 e. The van der Waals surface area contributed by atoms with E-state index in [0.29, 0.717) is 12.8 Å². The van der Waals surface area contributed by atoms with Crippen LogP contribution in [0, 0.1) is 10.4 Å². The van der Waals surface area contributed by atoms with Crippen LogP contribution >= 0.6 is 0 Å². The van der Waals surface area contributed by atoms with E-state index in [1.165, 1.54) is 0 Å². The molecule has 0 heterocycles. The minimum absolute atomic E-state index is 0.231. The van der Waals surface area contributed by atoms with Crippen molar-refractivity contribution in [1.29, 1.82) is 0 Å². The molecule has 0 amide bonds. The summed E-state index contributed by atoms with van der Waals surface area (Å²) < 4.78 is 0. The average molecular weight is 176 g/mol. The third-order valence-electron chi connectivity index (χ3n) is 2.26. The molecule has 2 unspecified atom stereocenters. The van der Waals surface area contributed by atoms with Crippen LogP contribution in [-0.2, 0) is 0 Å². The quantitative estimate of drug-likeness (QED) is 0.601. The molecule has 0 radical (unpaired) electrons. The first-order valence-electron chi connectivity index (χ1n) is 3.93. The Labute approximate surface area is 70.1 Å². The molecule has 0 aromatic carbocycles. The number of rotatable bonds is 2. The third-order valence-corrected chi connectivity index (χ3v) is 2.26. The lowest BCUT2D eigenvalue weighted by Gasteiger charge is -2.44. The normalized spacial score (nSPS) is 31.5. The van der Waals surface area contributed by atoms with Crippen molar-refractivity contribution in [3.63, 3.8) is 0 Å². The summed E-state index contributed by atoms with van der Waals surface area (Å²) in [5.41, 5.74) is 0. The van der Waals surface area contributed by atoms with E-state index in [0.717, 1.165) is 12.8 Å². The first-order valence-corrected chi connectivity index (χ1v) is 3.93. The first-order chi connectivity index (χ1) is 5.63. The molecule has 1 rings (SSSR count). The van der Waals surface area contributed by atoms with Crippen molar-refractivity contribution in [3.05, 3.63) is 10.4 Å². The summed E-state index contributed by atoms with van der Waals surface area (Å²) in [7, 11) is 0. The van der Waals surface area contributed by atoms with Crippen molar-refractivity contribution in [2.24, 2.45) is 0 Å². The Balaban J connectivity index is 2.54. The molecular weight excluding hydrogens is 164 g/mol. The fraction of sp³-hybridized carbons (Fsp3) is 1.00. The molecule has 0 aliphatic heterocycles. The molecule has 2 N–H and O–H groups in total. The van der Waals surface area contributed by atoms with Crippen molar-refractivity contribution < 1.29 is 10.4 Å². The topological polar surface area (TPSA) is 93.1 Å². The molecule has 0 aromatic rings. The summed E-state index contributed by atoms with van der Waals surface area (Å²) in [6.07, 6.45) is 2.50. The first kappa shape index (κ1) is 9.85. The van der Waals surface area contributed by atoms with E-state index in [1.807, 2.05) is 0 Å². The van der Waals surface area contributed by atoms with Gasteiger partial charge >= 0.3 is 0 Å². The fourth-order valence-electron chi connectivity index (χ4n) is 1.61. The van der Waals surface area contributed by atoms with E-state index in [-0.39, 0.29) is 10.5 Å². The van der Waals surface area contributed by atoms with E-state index < -0.39 is 12.1 Å². The van der Waals surface area contributed by atoms with Gasteiger partial charge in [-0.1, -0.05) is 12.8 Å². The number of hydrogen-bond donors (Lipinski definition) is 2. The Morgan fingerprint density at radius 2 is 1.25 bits per heavy atom. The maximum absolute atomic E-state index is 10.5. The van der Waals surface area contributed by atoms with Crippen LogP contribution in [0.25, 0.3) is 0 Å². The fourth-order valence-corrected chi connectivity index (χ4v) is 1.61. The largest absolute Gasteiger partial charge is 0.762 e. The molecule has 1 saturated carbocycles. The summed E-state index contributed by atoms with van der Waals surface area (Å²) in [6, 6.07) is -1.58. The molecule has 0 bridgehead atoms. The van der Waals surface area contributed by atoms with Gasteiger partial charge in [0, 0.05) is 12.1 Å². The monoisotopic (exact) mass is 176 g/mol. The van der Waals surface area contributed by atoms with Crippen molar-refractivity contribution in [2.45, 2.75) is 37.8 Å². The predicted molar refractivity (Wildman–Crippen MR) is 40.0 cm³/mol. The minimum atomic E-state index is -0.791. The molecule has 0 saturated heterocycles. The summed E-state index contributed by atoms with van der Waals surface area (Å²) in [5, 5.41) is 37.8. The van der Waals surface area contributed by atoms with Crippen molar-refractivity contribution in [1.82, 2.24) is 10.5 Å². The molecule has 0 aromatic heterocycles. The zero-order valence-electron chi connectivity index (χ0n) is 6.59. The zero-order valence-corrected chi connectivity index (χ0v) is 6.59. The average Bonchev–Trinajstić information content (AvgIpc) is 2.04. The van der Waals surface area contributed by atoms with Gasteiger partial charge in [-0.05, 0) is 12.8 Å². The predicted octanol–water partition coefficient (Wildman–Crippen LogP) is 0.676. The van der Waals surface area contributed by atoms with E-state index in [4.69, 9.17) is 10.4 Å². The maximum atomic E-state index is 10.5. The minimum Gasteiger partial charge on any atom is -0.762 e. The number of nitrogens with zero attached hydrogens (tertiary/aromatic N) is 2. The highest BCUT2D eigenvalue weighted by Gasteiger charge is 2.26. The molecule has 0 spiro atoms. The second-order valence-corrected chi connectivity index (χ2v) is 3.02. The van der Waals surface area contributed by atoms with Crippen molar-refractivity contribution in [3.8, 4) is 0 Å². The lowest BCUT2D eigenvalue weighted by Crippen LogP contribution is -2.47. The highest BCUT2D eigenvalue weighted by molar-refractivity contribution is 4.85. The van der Waals surface area contributed by atoms with E-state index in [1.54, 1.807) is 0 Å². The van der Waals surface area contributed by atoms with Crippen LogP contribution in [0.15, 0.2) is 0 Å². The third kappa shape index (κ3) is 2.13. The van der Waals surface area contributed by atoms with Gasteiger partial charge in [-0.15, -0.1) is 0 Å². The van der Waals surface area contributed by atoms with Crippen LogP contribution in [0.2, 0.25) is 0 Å². The Bertz CT molecular complexity index is 126. The lowest BCUT2D eigenvalue weighted by atomic mass is 9.91. The second-order valence-electron chi connectivity index (χ2n) is 3.02. The molecule has 6 nitrogen and oxygen atoms in total. The molecule has 2 atom stereocenters. The summed E-state index contributed by atoms with van der Waals surface area (Å²) >= 11 is 0. The van der Waals surface area contributed by atoms with Gasteiger partial charge in [-0.2, -0.15) is 0 Å². The zero-order chi connectivity index (χ0) is 9.14. The van der Waals surface area contributed by atoms with Crippen molar-refractivity contribution in [2.75, 3.05) is 0 Å². The Kier molecular flexibility index (Phi) is 3.39. The van der Waals surface area contributed by atoms with Gasteiger partial charge in [0.2, 0.25) is 0 Å². The van der Waals surface area contributed by atoms with E-state index in [9.17, 15) is 10.4 Å². The lowest BCUT2D eigenvalue weighted by molar-refractivity contribution is -0.164. The summed E-state index contributed by atoms with van der Waals surface area (Å²) in [5.74, 6) is 0. The van der Waals surface area contributed by atoms with Crippen LogP contribution < -0.4 is 0 Å². The van der Waals surface area contributed by atoms with Gasteiger partial charge in [-0.3, -0.25) is 10.5 Å².